The highest BCUT2D eigenvalue weighted by Gasteiger charge is 2.60. The molecule has 15 nitrogen and oxygen atoms in total. The summed E-state index contributed by atoms with van der Waals surface area (Å²) in [4.78, 5) is 27.1. The maximum Gasteiger partial charge on any atom is 0.475 e. The van der Waals surface area contributed by atoms with Gasteiger partial charge in [-0.05, 0) is 38.9 Å². The van der Waals surface area contributed by atoms with E-state index >= 15 is 9.13 Å². The Bertz CT molecular complexity index is 2720. The van der Waals surface area contributed by atoms with E-state index in [2.05, 4.69) is 0 Å². The fourth-order valence-corrected chi connectivity index (χ4v) is 11.4. The van der Waals surface area contributed by atoms with Crippen LogP contribution in [0.4, 0.5) is 0 Å². The Labute approximate surface area is 448 Å². The Hall–Kier alpha value is -6.42. The van der Waals surface area contributed by atoms with Crippen LogP contribution in [0.5, 0.6) is 0 Å². The number of rotatable bonds is 27. The number of hydrogen-bond donors (Lipinski definition) is 0. The first kappa shape index (κ1) is 55.3. The fourth-order valence-electron chi connectivity index (χ4n) is 8.67. The lowest BCUT2D eigenvalue weighted by Crippen LogP contribution is -2.67. The molecule has 0 N–H and O–H groups in total. The Kier molecular flexibility index (Phi) is 19.9. The first-order valence-electron chi connectivity index (χ1n) is 25.3. The summed E-state index contributed by atoms with van der Waals surface area (Å²) in [6, 6.07) is 63.9. The van der Waals surface area contributed by atoms with Crippen LogP contribution in [0.25, 0.3) is 0 Å². The van der Waals surface area contributed by atoms with Crippen molar-refractivity contribution in [3.8, 4) is 0 Å². The van der Waals surface area contributed by atoms with Gasteiger partial charge in [0.2, 0.25) is 0 Å². The van der Waals surface area contributed by atoms with Crippen LogP contribution < -0.4 is 0 Å². The minimum absolute atomic E-state index is 0.0272. The molecule has 0 spiro atoms. The highest BCUT2D eigenvalue weighted by Crippen LogP contribution is 2.58. The van der Waals surface area contributed by atoms with Crippen LogP contribution >= 0.6 is 15.6 Å². The molecule has 7 atom stereocenters. The molecule has 0 bridgehead atoms. The topological polar surface area (TPSA) is 170 Å². The molecular weight excluding hydrogens is 1020 g/mol. The molecule has 2 unspecified atom stereocenters. The van der Waals surface area contributed by atoms with Crippen molar-refractivity contribution in [2.24, 2.45) is 0 Å². The van der Waals surface area contributed by atoms with Crippen LogP contribution in [0, 0.1) is 0 Å². The molecule has 2 aliphatic rings. The number of cyclic esters (lactones) is 1. The Morgan fingerprint density at radius 3 is 0.896 bits per heavy atom. The average Bonchev–Trinajstić information content (AvgIpc) is 3.93. The van der Waals surface area contributed by atoms with Gasteiger partial charge in [0.15, 0.2) is 12.2 Å². The number of phosphoric acid groups is 2. The van der Waals surface area contributed by atoms with Crippen molar-refractivity contribution in [3.63, 3.8) is 0 Å². The van der Waals surface area contributed by atoms with E-state index in [0.717, 1.165) is 0 Å². The quantitative estimate of drug-likeness (QED) is 0.0352. The summed E-state index contributed by atoms with van der Waals surface area (Å²) in [5.74, 6) is -1.52. The molecule has 1 saturated carbocycles. The highest BCUT2D eigenvalue weighted by molar-refractivity contribution is 7.48. The molecule has 400 valence electrons. The average molecular weight is 1080 g/mol. The Balaban J connectivity index is 1.21. The van der Waals surface area contributed by atoms with Crippen LogP contribution in [0.1, 0.15) is 51.8 Å². The monoisotopic (exact) mass is 1080 g/mol. The summed E-state index contributed by atoms with van der Waals surface area (Å²) >= 11 is 0. The van der Waals surface area contributed by atoms with Crippen LogP contribution in [0.3, 0.4) is 0 Å². The first-order chi connectivity index (χ1) is 37.7. The first-order valence-corrected chi connectivity index (χ1v) is 28.3. The van der Waals surface area contributed by atoms with E-state index in [4.69, 9.17) is 50.8 Å². The van der Waals surface area contributed by atoms with E-state index < -0.39 is 70.3 Å². The van der Waals surface area contributed by atoms with Crippen molar-refractivity contribution >= 4 is 27.6 Å². The molecule has 1 saturated heterocycles. The third-order valence-electron chi connectivity index (χ3n) is 12.6. The second-order valence-corrected chi connectivity index (χ2v) is 21.5. The predicted octanol–water partition coefficient (Wildman–Crippen LogP) is 12.2. The van der Waals surface area contributed by atoms with Gasteiger partial charge in [-0.2, -0.15) is 0 Å². The third kappa shape index (κ3) is 16.3. The second kappa shape index (κ2) is 27.8. The SMILES string of the molecule is O=C1CC[C@H](C(=O)OC2[C@H](OCc3ccccc3)[C@H](OP(=O)(OCc3ccccc3)OCc3ccccc3)C(OCc3ccccc3)[C@H](OP(=O)(OCc3ccccc3)OCc3ccccc3)[C@H]2OCc2ccccc2)O1. The molecule has 1 aliphatic carbocycles. The highest BCUT2D eigenvalue weighted by atomic mass is 31.2. The van der Waals surface area contributed by atoms with Crippen LogP contribution in [0.2, 0.25) is 0 Å². The number of esters is 2. The van der Waals surface area contributed by atoms with E-state index in [1.54, 1.807) is 48.5 Å². The van der Waals surface area contributed by atoms with Gasteiger partial charge in [-0.1, -0.05) is 212 Å². The predicted molar refractivity (Wildman–Crippen MR) is 284 cm³/mol. The summed E-state index contributed by atoms with van der Waals surface area (Å²) in [6.45, 7) is -1.25. The van der Waals surface area contributed by atoms with E-state index in [1.165, 1.54) is 0 Å². The summed E-state index contributed by atoms with van der Waals surface area (Å²) in [5.41, 5.74) is 4.72. The zero-order chi connectivity index (χ0) is 53.1. The molecule has 1 aliphatic heterocycles. The molecular formula is C60H60O15P2. The molecule has 7 aromatic rings. The molecule has 2 fully saturated rings. The van der Waals surface area contributed by atoms with Gasteiger partial charge in [0.25, 0.3) is 0 Å². The Morgan fingerprint density at radius 2 is 0.636 bits per heavy atom. The molecule has 0 radical (unpaired) electrons. The van der Waals surface area contributed by atoms with Crippen LogP contribution in [-0.4, -0.2) is 54.7 Å². The largest absolute Gasteiger partial charge is 0.475 e. The van der Waals surface area contributed by atoms with E-state index in [0.29, 0.717) is 38.9 Å². The third-order valence-corrected chi connectivity index (χ3v) is 15.4. The lowest BCUT2D eigenvalue weighted by atomic mass is 9.84. The normalized spacial score (nSPS) is 20.6. The lowest BCUT2D eigenvalue weighted by Gasteiger charge is -2.49. The van der Waals surface area contributed by atoms with Crippen molar-refractivity contribution in [2.75, 3.05) is 0 Å². The van der Waals surface area contributed by atoms with Crippen molar-refractivity contribution in [1.29, 1.82) is 0 Å². The van der Waals surface area contributed by atoms with Crippen molar-refractivity contribution in [2.45, 2.75) is 102 Å². The van der Waals surface area contributed by atoms with Crippen molar-refractivity contribution < 1.29 is 69.5 Å². The molecule has 0 amide bonds. The Morgan fingerprint density at radius 1 is 0.377 bits per heavy atom. The zero-order valence-corrected chi connectivity index (χ0v) is 43.9. The van der Waals surface area contributed by atoms with Gasteiger partial charge >= 0.3 is 27.6 Å². The van der Waals surface area contributed by atoms with E-state index in [9.17, 15) is 9.59 Å². The second-order valence-electron chi connectivity index (χ2n) is 18.3. The fraction of sp³-hybridized carbons (Fsp3) is 0.267. The number of hydrogen-bond acceptors (Lipinski definition) is 15. The molecule has 1 heterocycles. The zero-order valence-electron chi connectivity index (χ0n) is 42.1. The van der Waals surface area contributed by atoms with Gasteiger partial charge in [0, 0.05) is 12.8 Å². The van der Waals surface area contributed by atoms with Gasteiger partial charge < -0.3 is 23.7 Å². The molecule has 77 heavy (non-hydrogen) atoms. The summed E-state index contributed by atoms with van der Waals surface area (Å²) < 4.78 is 103. The molecule has 7 aromatic carbocycles. The minimum Gasteiger partial charge on any atom is -0.454 e. The number of carbonyl (C=O) groups excluding carboxylic acids is 2. The van der Waals surface area contributed by atoms with Gasteiger partial charge in [0.1, 0.15) is 30.5 Å². The summed E-state index contributed by atoms with van der Waals surface area (Å²) in [7, 11) is -9.68. The summed E-state index contributed by atoms with van der Waals surface area (Å²) in [5, 5.41) is 0. The smallest absolute Gasteiger partial charge is 0.454 e. The van der Waals surface area contributed by atoms with Gasteiger partial charge in [-0.15, -0.1) is 0 Å². The lowest BCUT2D eigenvalue weighted by molar-refractivity contribution is -0.263. The van der Waals surface area contributed by atoms with E-state index in [1.807, 2.05) is 164 Å². The molecule has 9 rings (SSSR count). The maximum atomic E-state index is 15.8. The number of benzene rings is 7. The van der Waals surface area contributed by atoms with Crippen molar-refractivity contribution in [3.05, 3.63) is 251 Å². The maximum absolute atomic E-state index is 15.8. The van der Waals surface area contributed by atoms with Crippen LogP contribution in [-0.2, 0) is 116 Å². The van der Waals surface area contributed by atoms with Gasteiger partial charge in [-0.3, -0.25) is 31.9 Å². The van der Waals surface area contributed by atoms with E-state index in [-0.39, 0.29) is 59.1 Å². The van der Waals surface area contributed by atoms with Gasteiger partial charge in [-0.25, -0.2) is 13.9 Å². The van der Waals surface area contributed by atoms with Crippen LogP contribution in [0.15, 0.2) is 212 Å². The number of carbonyl (C=O) groups is 2. The summed E-state index contributed by atoms with van der Waals surface area (Å²) in [6.07, 6.45) is -10.7. The van der Waals surface area contributed by atoms with Gasteiger partial charge in [0.05, 0.1) is 46.2 Å². The molecule has 0 aromatic heterocycles. The molecule has 17 heteroatoms. The minimum atomic E-state index is -4.84. The number of phosphoric ester groups is 2. The standard InChI is InChI=1S/C60H60O15P2/c61-53-37-36-52(72-53)60(62)73-57-54(65-38-45-22-8-1-9-23-45)58(74-76(63,68-41-48-28-14-4-15-29-48)69-42-49-30-16-5-17-31-49)56(67-40-47-26-12-3-13-27-47)59(55(57)66-39-46-24-10-2-11-25-46)75-77(64,70-43-50-32-18-6-19-33-50)71-44-51-34-20-7-21-35-51/h1-35,52,54-59H,36-44H2/t52-,54+,55+,56?,57?,58-,59+/m1/s1. The van der Waals surface area contributed by atoms with Crippen molar-refractivity contribution in [1.82, 2.24) is 0 Å². The number of ether oxygens (including phenoxy) is 5.